The van der Waals surface area contributed by atoms with E-state index in [1.165, 1.54) is 18.2 Å². The third kappa shape index (κ3) is 3.20. The molecule has 0 bridgehead atoms. The van der Waals surface area contributed by atoms with Crippen LogP contribution in [0.15, 0.2) is 47.4 Å². The Morgan fingerprint density at radius 1 is 0.962 bits per heavy atom. The fourth-order valence-electron chi connectivity index (χ4n) is 2.96. The van der Waals surface area contributed by atoms with Crippen LogP contribution in [0.3, 0.4) is 0 Å². The summed E-state index contributed by atoms with van der Waals surface area (Å²) in [7, 11) is -4.01. The van der Waals surface area contributed by atoms with Crippen LogP contribution in [0.1, 0.15) is 5.56 Å². The first kappa shape index (κ1) is 16.7. The Labute approximate surface area is 150 Å². The summed E-state index contributed by atoms with van der Waals surface area (Å²) in [5.41, 5.74) is 0.885. The summed E-state index contributed by atoms with van der Waals surface area (Å²) in [6.07, 6.45) is 0.429. The SMILES string of the molecule is O=C(NS(=O)(=O)c1ccc2c(c1)OCCO2)[C@@H]1COc2ccccc2C1. The number of nitrogens with one attached hydrogen (secondary N) is 1. The lowest BCUT2D eigenvalue weighted by Crippen LogP contribution is -2.40. The van der Waals surface area contributed by atoms with E-state index < -0.39 is 21.8 Å². The van der Waals surface area contributed by atoms with Gasteiger partial charge < -0.3 is 14.2 Å². The Morgan fingerprint density at radius 3 is 2.58 bits per heavy atom. The van der Waals surface area contributed by atoms with Gasteiger partial charge in [-0.15, -0.1) is 0 Å². The molecule has 0 unspecified atom stereocenters. The number of benzene rings is 2. The molecule has 0 fully saturated rings. The molecule has 0 saturated carbocycles. The number of rotatable bonds is 3. The molecule has 8 heteroatoms. The molecule has 0 radical (unpaired) electrons. The second-order valence-corrected chi connectivity index (χ2v) is 7.78. The summed E-state index contributed by atoms with van der Waals surface area (Å²) >= 11 is 0. The van der Waals surface area contributed by atoms with E-state index in [-0.39, 0.29) is 11.5 Å². The minimum Gasteiger partial charge on any atom is -0.492 e. The van der Waals surface area contributed by atoms with Gasteiger partial charge in [-0.2, -0.15) is 0 Å². The van der Waals surface area contributed by atoms with E-state index in [2.05, 4.69) is 4.72 Å². The van der Waals surface area contributed by atoms with Gasteiger partial charge in [0.25, 0.3) is 10.0 Å². The molecule has 2 aliphatic rings. The monoisotopic (exact) mass is 375 g/mol. The van der Waals surface area contributed by atoms with Crippen molar-refractivity contribution in [3.05, 3.63) is 48.0 Å². The number of amides is 1. The van der Waals surface area contributed by atoms with E-state index >= 15 is 0 Å². The maximum absolute atomic E-state index is 12.5. The van der Waals surface area contributed by atoms with Crippen molar-refractivity contribution in [2.75, 3.05) is 19.8 Å². The average Bonchev–Trinajstić information content (AvgIpc) is 2.67. The van der Waals surface area contributed by atoms with Crippen LogP contribution in [0.2, 0.25) is 0 Å². The summed E-state index contributed by atoms with van der Waals surface area (Å²) in [4.78, 5) is 12.4. The lowest BCUT2D eigenvalue weighted by molar-refractivity contribution is -0.124. The van der Waals surface area contributed by atoms with E-state index in [1.807, 2.05) is 24.3 Å². The molecule has 0 saturated heterocycles. The van der Waals surface area contributed by atoms with Gasteiger partial charge in [0, 0.05) is 6.07 Å². The molecule has 2 aromatic carbocycles. The van der Waals surface area contributed by atoms with Gasteiger partial charge in [0.15, 0.2) is 11.5 Å². The lowest BCUT2D eigenvalue weighted by Gasteiger charge is -2.24. The van der Waals surface area contributed by atoms with Gasteiger partial charge in [0.05, 0.1) is 10.8 Å². The molecule has 136 valence electrons. The van der Waals surface area contributed by atoms with Crippen LogP contribution < -0.4 is 18.9 Å². The molecule has 7 nitrogen and oxygen atoms in total. The Hall–Kier alpha value is -2.74. The zero-order valence-corrected chi connectivity index (χ0v) is 14.6. The molecule has 1 amide bonds. The number of ether oxygens (including phenoxy) is 3. The number of hydrogen-bond acceptors (Lipinski definition) is 6. The predicted molar refractivity (Wildman–Crippen MR) is 91.9 cm³/mol. The van der Waals surface area contributed by atoms with Crippen molar-refractivity contribution in [3.63, 3.8) is 0 Å². The molecule has 2 aromatic rings. The van der Waals surface area contributed by atoms with Gasteiger partial charge in [-0.25, -0.2) is 13.1 Å². The van der Waals surface area contributed by atoms with Crippen molar-refractivity contribution >= 4 is 15.9 Å². The quantitative estimate of drug-likeness (QED) is 0.875. The van der Waals surface area contributed by atoms with Crippen LogP contribution in [0.25, 0.3) is 0 Å². The number of sulfonamides is 1. The van der Waals surface area contributed by atoms with E-state index in [1.54, 1.807) is 0 Å². The number of fused-ring (bicyclic) bond motifs is 2. The highest BCUT2D eigenvalue weighted by Gasteiger charge is 2.29. The van der Waals surface area contributed by atoms with Gasteiger partial charge >= 0.3 is 0 Å². The Morgan fingerprint density at radius 2 is 1.73 bits per heavy atom. The first-order valence-corrected chi connectivity index (χ1v) is 9.68. The highest BCUT2D eigenvalue weighted by Crippen LogP contribution is 2.32. The molecular formula is C18H17NO6S. The van der Waals surface area contributed by atoms with Crippen LogP contribution >= 0.6 is 0 Å². The first-order chi connectivity index (χ1) is 12.5. The molecule has 1 atom stereocenters. The Bertz CT molecular complexity index is 956. The minimum absolute atomic E-state index is 0.0489. The highest BCUT2D eigenvalue weighted by molar-refractivity contribution is 7.90. The highest BCUT2D eigenvalue weighted by atomic mass is 32.2. The molecule has 0 aromatic heterocycles. The van der Waals surface area contributed by atoms with Crippen LogP contribution in [0, 0.1) is 5.92 Å². The van der Waals surface area contributed by atoms with Gasteiger partial charge in [-0.05, 0) is 30.2 Å². The van der Waals surface area contributed by atoms with E-state index in [0.717, 1.165) is 11.3 Å². The maximum Gasteiger partial charge on any atom is 0.264 e. The van der Waals surface area contributed by atoms with Gasteiger partial charge in [-0.1, -0.05) is 18.2 Å². The Balaban J connectivity index is 1.50. The number of carbonyl (C=O) groups excluding carboxylic acids is 1. The van der Waals surface area contributed by atoms with Crippen LogP contribution in [0.5, 0.6) is 17.2 Å². The topological polar surface area (TPSA) is 90.9 Å². The van der Waals surface area contributed by atoms with Gasteiger partial charge in [0.2, 0.25) is 5.91 Å². The van der Waals surface area contributed by atoms with Crippen molar-refractivity contribution in [2.45, 2.75) is 11.3 Å². The summed E-state index contributed by atoms with van der Waals surface area (Å²) in [5, 5.41) is 0. The van der Waals surface area contributed by atoms with Crippen molar-refractivity contribution < 1.29 is 27.4 Å². The van der Waals surface area contributed by atoms with E-state index in [9.17, 15) is 13.2 Å². The van der Waals surface area contributed by atoms with Gasteiger partial charge in [0.1, 0.15) is 25.6 Å². The summed E-state index contributed by atoms with van der Waals surface area (Å²) in [6.45, 7) is 0.903. The number of hydrogen-bond donors (Lipinski definition) is 1. The Kier molecular flexibility index (Phi) is 4.20. The zero-order valence-electron chi connectivity index (χ0n) is 13.8. The largest absolute Gasteiger partial charge is 0.492 e. The smallest absolute Gasteiger partial charge is 0.264 e. The standard InChI is InChI=1S/C18H17NO6S/c20-18(13-9-12-3-1-2-4-15(12)25-11-13)19-26(21,22)14-5-6-16-17(10-14)24-8-7-23-16/h1-6,10,13H,7-9,11H2,(H,19,20)/t13-/m0/s1. The zero-order chi connectivity index (χ0) is 18.1. The fraction of sp³-hybridized carbons (Fsp3) is 0.278. The second-order valence-electron chi connectivity index (χ2n) is 6.09. The van der Waals surface area contributed by atoms with E-state index in [4.69, 9.17) is 14.2 Å². The average molecular weight is 375 g/mol. The third-order valence-electron chi connectivity index (χ3n) is 4.31. The summed E-state index contributed by atoms with van der Waals surface area (Å²) in [6, 6.07) is 11.7. The minimum atomic E-state index is -4.01. The molecule has 26 heavy (non-hydrogen) atoms. The fourth-order valence-corrected chi connectivity index (χ4v) is 4.02. The lowest BCUT2D eigenvalue weighted by atomic mass is 9.96. The molecule has 4 rings (SSSR count). The van der Waals surface area contributed by atoms with Crippen molar-refractivity contribution in [1.82, 2.24) is 4.72 Å². The van der Waals surface area contributed by atoms with Crippen molar-refractivity contribution in [2.24, 2.45) is 5.92 Å². The van der Waals surface area contributed by atoms with Crippen LogP contribution in [-0.4, -0.2) is 34.1 Å². The van der Waals surface area contributed by atoms with Gasteiger partial charge in [-0.3, -0.25) is 4.79 Å². The second kappa shape index (κ2) is 6.53. The van der Waals surface area contributed by atoms with Crippen molar-refractivity contribution in [3.8, 4) is 17.2 Å². The van der Waals surface area contributed by atoms with Crippen LogP contribution in [0.4, 0.5) is 0 Å². The number of para-hydroxylation sites is 1. The molecule has 0 aliphatic carbocycles. The van der Waals surface area contributed by atoms with Crippen LogP contribution in [-0.2, 0) is 21.2 Å². The molecule has 1 N–H and O–H groups in total. The number of carbonyl (C=O) groups is 1. The normalized spacial score (nSPS) is 18.4. The predicted octanol–water partition coefficient (Wildman–Crippen LogP) is 1.51. The molecule has 2 aliphatic heterocycles. The third-order valence-corrected chi connectivity index (χ3v) is 5.65. The first-order valence-electron chi connectivity index (χ1n) is 8.20. The molecular weight excluding hydrogens is 358 g/mol. The molecule has 2 heterocycles. The van der Waals surface area contributed by atoms with E-state index in [0.29, 0.717) is 31.1 Å². The summed E-state index contributed by atoms with van der Waals surface area (Å²) in [5.74, 6) is 0.401. The maximum atomic E-state index is 12.5. The van der Waals surface area contributed by atoms with Crippen molar-refractivity contribution in [1.29, 1.82) is 0 Å². The summed E-state index contributed by atoms with van der Waals surface area (Å²) < 4.78 is 43.6. The molecule has 0 spiro atoms.